The number of aromatic nitrogens is 6. The van der Waals surface area contributed by atoms with Gasteiger partial charge < -0.3 is 9.80 Å². The van der Waals surface area contributed by atoms with Gasteiger partial charge in [0.15, 0.2) is 5.78 Å². The number of hydrogen-bond donors (Lipinski definition) is 0. The zero-order valence-corrected chi connectivity index (χ0v) is 23.1. The smallest absolute Gasteiger partial charge is 0.187 e. The second-order valence-corrected chi connectivity index (χ2v) is 11.2. The average Bonchev–Trinajstić information content (AvgIpc) is 3.53. The highest BCUT2D eigenvalue weighted by molar-refractivity contribution is 5.96. The molecule has 0 N–H and O–H groups in total. The molecular formula is C29H36N8O. The van der Waals surface area contributed by atoms with E-state index < -0.39 is 0 Å². The summed E-state index contributed by atoms with van der Waals surface area (Å²) < 4.78 is 3.69. The van der Waals surface area contributed by atoms with Gasteiger partial charge in [0.05, 0.1) is 29.3 Å². The molecule has 0 radical (unpaired) electrons. The molecular weight excluding hydrogens is 476 g/mol. The van der Waals surface area contributed by atoms with Crippen LogP contribution < -0.4 is 4.90 Å². The summed E-state index contributed by atoms with van der Waals surface area (Å²) in [6.07, 6.45) is 5.93. The quantitative estimate of drug-likeness (QED) is 0.360. The van der Waals surface area contributed by atoms with E-state index >= 15 is 0 Å². The Balaban J connectivity index is 1.35. The predicted octanol–water partition coefficient (Wildman–Crippen LogP) is 4.07. The number of Topliss-reactive ketones (excluding diaryl/α,β-unsaturated/α-hetero) is 1. The molecule has 0 unspecified atom stereocenters. The summed E-state index contributed by atoms with van der Waals surface area (Å²) in [6, 6.07) is 10.0. The first-order valence-electron chi connectivity index (χ1n) is 13.1. The van der Waals surface area contributed by atoms with Gasteiger partial charge in [0.25, 0.3) is 0 Å². The molecule has 1 aromatic carbocycles. The number of benzene rings is 1. The molecule has 1 fully saturated rings. The summed E-state index contributed by atoms with van der Waals surface area (Å²) in [4.78, 5) is 22.3. The monoisotopic (exact) mass is 512 g/mol. The number of piperazine rings is 1. The highest BCUT2D eigenvalue weighted by atomic mass is 16.1. The molecule has 4 heterocycles. The van der Waals surface area contributed by atoms with Crippen molar-refractivity contribution in [3.63, 3.8) is 0 Å². The molecule has 0 bridgehead atoms. The number of likely N-dealkylation sites (N-methyl/N-ethyl adjacent to an activating group) is 1. The molecule has 0 amide bonds. The number of nitrogens with zero attached hydrogens (tertiary/aromatic N) is 8. The van der Waals surface area contributed by atoms with Crippen LogP contribution in [0, 0.1) is 13.8 Å². The highest BCUT2D eigenvalue weighted by Gasteiger charge is 2.21. The van der Waals surface area contributed by atoms with Crippen LogP contribution in [0.25, 0.3) is 16.9 Å². The van der Waals surface area contributed by atoms with Crippen LogP contribution in [0.15, 0.2) is 48.9 Å². The van der Waals surface area contributed by atoms with E-state index in [9.17, 15) is 4.79 Å². The molecule has 1 aliphatic rings. The molecule has 0 spiro atoms. The number of hydrogen-bond acceptors (Lipinski definition) is 7. The zero-order chi connectivity index (χ0) is 27.0. The fourth-order valence-corrected chi connectivity index (χ4v) is 4.90. The van der Waals surface area contributed by atoms with Crippen LogP contribution >= 0.6 is 0 Å². The summed E-state index contributed by atoms with van der Waals surface area (Å²) in [6.45, 7) is 14.3. The number of pyridine rings is 1. The SMILES string of the molecule is Cc1ccc(CC(=O)c2cc(C)n(C(C)(C)C)n2)cc1-n1cc(-c2cncc(N3CCN(C)CC3)c2)nn1. The van der Waals surface area contributed by atoms with Gasteiger partial charge >= 0.3 is 0 Å². The largest absolute Gasteiger partial charge is 0.368 e. The van der Waals surface area contributed by atoms with E-state index in [2.05, 4.69) is 64.1 Å². The minimum absolute atomic E-state index is 0.00280. The summed E-state index contributed by atoms with van der Waals surface area (Å²) in [5.74, 6) is -0.00280. The van der Waals surface area contributed by atoms with Gasteiger partial charge in [-0.3, -0.25) is 14.5 Å². The van der Waals surface area contributed by atoms with Crippen LogP contribution in [-0.4, -0.2) is 73.7 Å². The lowest BCUT2D eigenvalue weighted by Gasteiger charge is -2.33. The van der Waals surface area contributed by atoms with Crippen LogP contribution in [0.3, 0.4) is 0 Å². The number of aryl methyl sites for hydroxylation is 2. The highest BCUT2D eigenvalue weighted by Crippen LogP contribution is 2.25. The van der Waals surface area contributed by atoms with Crippen molar-refractivity contribution < 1.29 is 4.79 Å². The normalized spacial score (nSPS) is 14.7. The molecule has 5 rings (SSSR count). The van der Waals surface area contributed by atoms with Crippen molar-refractivity contribution in [1.82, 2.24) is 34.7 Å². The molecule has 1 aliphatic heterocycles. The molecule has 3 aromatic heterocycles. The number of ketones is 1. The third-order valence-electron chi connectivity index (χ3n) is 7.07. The van der Waals surface area contributed by atoms with Crippen LogP contribution in [-0.2, 0) is 12.0 Å². The van der Waals surface area contributed by atoms with E-state index in [0.29, 0.717) is 5.69 Å². The van der Waals surface area contributed by atoms with E-state index in [1.807, 2.05) is 61.4 Å². The van der Waals surface area contributed by atoms with Gasteiger partial charge in [0.2, 0.25) is 0 Å². The van der Waals surface area contributed by atoms with Crippen molar-refractivity contribution >= 4 is 11.5 Å². The van der Waals surface area contributed by atoms with Crippen LogP contribution in [0.1, 0.15) is 48.1 Å². The molecule has 1 saturated heterocycles. The van der Waals surface area contributed by atoms with E-state index in [-0.39, 0.29) is 17.7 Å². The van der Waals surface area contributed by atoms with E-state index in [1.54, 1.807) is 4.68 Å². The van der Waals surface area contributed by atoms with Crippen molar-refractivity contribution in [2.45, 2.75) is 46.6 Å². The Bertz CT molecular complexity index is 1450. The van der Waals surface area contributed by atoms with E-state index in [1.165, 1.54) is 0 Å². The van der Waals surface area contributed by atoms with Gasteiger partial charge in [-0.2, -0.15) is 5.10 Å². The number of carbonyl (C=O) groups is 1. The summed E-state index contributed by atoms with van der Waals surface area (Å²) in [5.41, 5.74) is 6.95. The Morgan fingerprint density at radius 2 is 1.76 bits per heavy atom. The Hall–Kier alpha value is -3.85. The van der Waals surface area contributed by atoms with Gasteiger partial charge in [-0.25, -0.2) is 4.68 Å². The van der Waals surface area contributed by atoms with Gasteiger partial charge in [0, 0.05) is 50.1 Å². The maximum Gasteiger partial charge on any atom is 0.187 e. The van der Waals surface area contributed by atoms with Gasteiger partial charge in [-0.05, 0) is 71.0 Å². The lowest BCUT2D eigenvalue weighted by atomic mass is 10.0. The second-order valence-electron chi connectivity index (χ2n) is 11.2. The fraction of sp³-hybridized carbons (Fsp3) is 0.414. The molecule has 198 valence electrons. The number of carbonyl (C=O) groups excluding carboxylic acids is 1. The van der Waals surface area contributed by atoms with Crippen molar-refractivity contribution in [1.29, 1.82) is 0 Å². The Morgan fingerprint density at radius 3 is 2.47 bits per heavy atom. The maximum atomic E-state index is 13.1. The maximum absolute atomic E-state index is 13.1. The lowest BCUT2D eigenvalue weighted by molar-refractivity contribution is 0.0986. The van der Waals surface area contributed by atoms with Crippen LogP contribution in [0.4, 0.5) is 5.69 Å². The predicted molar refractivity (Wildman–Crippen MR) is 149 cm³/mol. The molecule has 0 atom stereocenters. The lowest BCUT2D eigenvalue weighted by Crippen LogP contribution is -2.44. The van der Waals surface area contributed by atoms with Crippen molar-refractivity contribution in [3.05, 3.63) is 71.4 Å². The molecule has 0 aliphatic carbocycles. The number of anilines is 1. The standard InChI is InChI=1S/C29H36N8O/c1-20-7-8-22(15-28(38)25-13-21(2)37(32-25)29(3,4)5)14-27(20)36-19-26(31-33-36)23-16-24(18-30-17-23)35-11-9-34(6)10-12-35/h7-8,13-14,16-19H,9-12,15H2,1-6H3. The Kier molecular flexibility index (Phi) is 6.88. The first-order valence-corrected chi connectivity index (χ1v) is 13.1. The summed E-state index contributed by atoms with van der Waals surface area (Å²) in [7, 11) is 2.15. The third-order valence-corrected chi connectivity index (χ3v) is 7.07. The topological polar surface area (TPSA) is 85.0 Å². The van der Waals surface area contributed by atoms with Gasteiger partial charge in [-0.1, -0.05) is 17.3 Å². The number of rotatable bonds is 6. The second kappa shape index (κ2) is 10.1. The van der Waals surface area contributed by atoms with Crippen molar-refractivity contribution in [3.8, 4) is 16.9 Å². The zero-order valence-electron chi connectivity index (χ0n) is 23.1. The summed E-state index contributed by atoms with van der Waals surface area (Å²) >= 11 is 0. The minimum Gasteiger partial charge on any atom is -0.368 e. The average molecular weight is 513 g/mol. The van der Waals surface area contributed by atoms with Gasteiger partial charge in [0.1, 0.15) is 11.4 Å². The Labute approximate surface area is 224 Å². The molecule has 9 heteroatoms. The van der Waals surface area contributed by atoms with Crippen LogP contribution in [0.5, 0.6) is 0 Å². The van der Waals surface area contributed by atoms with E-state index in [4.69, 9.17) is 0 Å². The van der Waals surface area contributed by atoms with E-state index in [0.717, 1.165) is 65.6 Å². The first kappa shape index (κ1) is 25.8. The minimum atomic E-state index is -0.177. The third kappa shape index (κ3) is 5.38. The Morgan fingerprint density at radius 1 is 1.00 bits per heavy atom. The van der Waals surface area contributed by atoms with Crippen molar-refractivity contribution in [2.24, 2.45) is 0 Å². The van der Waals surface area contributed by atoms with Gasteiger partial charge in [-0.15, -0.1) is 5.10 Å². The van der Waals surface area contributed by atoms with Crippen LogP contribution in [0.2, 0.25) is 0 Å². The molecule has 9 nitrogen and oxygen atoms in total. The fourth-order valence-electron chi connectivity index (χ4n) is 4.90. The molecule has 0 saturated carbocycles. The van der Waals surface area contributed by atoms with Crippen molar-refractivity contribution in [2.75, 3.05) is 38.1 Å². The molecule has 4 aromatic rings. The summed E-state index contributed by atoms with van der Waals surface area (Å²) in [5, 5.41) is 13.4. The molecule has 38 heavy (non-hydrogen) atoms. The first-order chi connectivity index (χ1) is 18.1.